The number of amides is 1. The van der Waals surface area contributed by atoms with E-state index in [1.807, 2.05) is 32.6 Å². The lowest BCUT2D eigenvalue weighted by Crippen LogP contribution is -2.51. The van der Waals surface area contributed by atoms with Crippen molar-refractivity contribution in [3.05, 3.63) is 27.9 Å². The van der Waals surface area contributed by atoms with Gasteiger partial charge in [0.2, 0.25) is 0 Å². The first-order chi connectivity index (χ1) is 15.7. The molecule has 1 saturated heterocycles. The highest BCUT2D eigenvalue weighted by molar-refractivity contribution is 5.69. The summed E-state index contributed by atoms with van der Waals surface area (Å²) in [5.41, 5.74) is 1.69. The molecule has 3 heterocycles. The van der Waals surface area contributed by atoms with Crippen LogP contribution in [-0.4, -0.2) is 75.6 Å². The van der Waals surface area contributed by atoms with Crippen molar-refractivity contribution in [2.45, 2.75) is 65.1 Å². The fraction of sp³-hybridized carbons (Fsp3) is 0.652. The summed E-state index contributed by atoms with van der Waals surface area (Å²) in [6, 6.07) is 0. The Morgan fingerprint density at radius 2 is 1.94 bits per heavy atom. The lowest BCUT2D eigenvalue weighted by molar-refractivity contribution is 0.0240. The molecule has 0 spiro atoms. The van der Waals surface area contributed by atoms with Gasteiger partial charge in [-0.25, -0.2) is 9.78 Å². The van der Waals surface area contributed by atoms with Gasteiger partial charge in [0.25, 0.3) is 11.3 Å². The van der Waals surface area contributed by atoms with Crippen LogP contribution in [0.15, 0.2) is 10.9 Å². The van der Waals surface area contributed by atoms with Crippen molar-refractivity contribution in [1.82, 2.24) is 24.5 Å². The van der Waals surface area contributed by atoms with Gasteiger partial charge in [0, 0.05) is 33.3 Å². The maximum atomic E-state index is 13.5. The minimum atomic E-state index is -0.534. The maximum Gasteiger partial charge on any atom is 0.410 e. The minimum absolute atomic E-state index is 0.160. The van der Waals surface area contributed by atoms with Crippen molar-refractivity contribution in [2.24, 2.45) is 0 Å². The third-order valence-electron chi connectivity index (χ3n) is 6.13. The number of fused-ring (bicyclic) bond motifs is 1. The number of nitrogens with zero attached hydrogens (tertiary/aromatic N) is 5. The molecule has 4 rings (SSSR count). The number of carbonyl (C=O) groups is 1. The standard InChI is InChI=1S/C23H34N6O4/c1-6-17-18(27-11-13-28(14-12-27)22(31)33-23(2,3)4)20(30)29-21(24-17)25-19(26-29)15-7-9-16(32-5)10-8-15/h7,16H,6,8-14H2,1-5H3,(H,24,25,26). The summed E-state index contributed by atoms with van der Waals surface area (Å²) in [5.74, 6) is 1.07. The van der Waals surface area contributed by atoms with Gasteiger partial charge in [-0.05, 0) is 52.0 Å². The van der Waals surface area contributed by atoms with Gasteiger partial charge in [0.15, 0.2) is 5.82 Å². The van der Waals surface area contributed by atoms with Crippen LogP contribution in [0.25, 0.3) is 11.4 Å². The van der Waals surface area contributed by atoms with E-state index >= 15 is 0 Å². The molecule has 1 atom stereocenters. The molecule has 0 saturated carbocycles. The lowest BCUT2D eigenvalue weighted by Gasteiger charge is -2.36. The third-order valence-corrected chi connectivity index (χ3v) is 6.13. The summed E-state index contributed by atoms with van der Waals surface area (Å²) in [6.45, 7) is 9.61. The van der Waals surface area contributed by atoms with Crippen LogP contribution in [0.3, 0.4) is 0 Å². The zero-order chi connectivity index (χ0) is 23.8. The number of rotatable bonds is 4. The van der Waals surface area contributed by atoms with Gasteiger partial charge in [-0.15, -0.1) is 0 Å². The van der Waals surface area contributed by atoms with E-state index in [4.69, 9.17) is 14.5 Å². The molecule has 0 bridgehead atoms. The topological polar surface area (TPSA) is 105 Å². The normalized spacial score (nSPS) is 19.7. The molecule has 33 heavy (non-hydrogen) atoms. The van der Waals surface area contributed by atoms with Crippen LogP contribution >= 0.6 is 0 Å². The number of ether oxygens (including phenoxy) is 2. The second kappa shape index (κ2) is 9.17. The Kier molecular flexibility index (Phi) is 6.47. The van der Waals surface area contributed by atoms with Crippen molar-refractivity contribution in [3.63, 3.8) is 0 Å². The molecule has 0 aromatic carbocycles. The van der Waals surface area contributed by atoms with Crippen LogP contribution in [0.1, 0.15) is 58.5 Å². The average Bonchev–Trinajstić information content (AvgIpc) is 3.22. The smallest absolute Gasteiger partial charge is 0.410 e. The van der Waals surface area contributed by atoms with Crippen molar-refractivity contribution < 1.29 is 14.3 Å². The molecule has 10 nitrogen and oxygen atoms in total. The number of hydrogen-bond acceptors (Lipinski definition) is 7. The monoisotopic (exact) mass is 458 g/mol. The number of aromatic amines is 1. The van der Waals surface area contributed by atoms with Gasteiger partial charge >= 0.3 is 6.09 Å². The second-order valence-electron chi connectivity index (χ2n) is 9.59. The van der Waals surface area contributed by atoms with Gasteiger partial charge in [0.05, 0.1) is 11.8 Å². The van der Waals surface area contributed by atoms with Crippen molar-refractivity contribution >= 4 is 23.1 Å². The highest BCUT2D eigenvalue weighted by Crippen LogP contribution is 2.27. The van der Waals surface area contributed by atoms with Gasteiger partial charge in [-0.2, -0.15) is 9.50 Å². The number of allylic oxidation sites excluding steroid dienone is 1. The number of aryl methyl sites for hydroxylation is 1. The molecule has 0 radical (unpaired) electrons. The van der Waals surface area contributed by atoms with E-state index in [2.05, 4.69) is 16.2 Å². The molecular weight excluding hydrogens is 424 g/mol. The second-order valence-corrected chi connectivity index (χ2v) is 9.59. The summed E-state index contributed by atoms with van der Waals surface area (Å²) < 4.78 is 12.4. The van der Waals surface area contributed by atoms with E-state index in [0.717, 1.165) is 30.5 Å². The predicted octanol–water partition coefficient (Wildman–Crippen LogP) is 2.62. The lowest BCUT2D eigenvalue weighted by atomic mass is 9.97. The van der Waals surface area contributed by atoms with Crippen LogP contribution in [0.4, 0.5) is 10.5 Å². The molecular formula is C23H34N6O4. The molecule has 2 aromatic heterocycles. The van der Waals surface area contributed by atoms with E-state index in [-0.39, 0.29) is 17.8 Å². The number of carbonyl (C=O) groups excluding carboxylic acids is 1. The van der Waals surface area contributed by atoms with E-state index in [9.17, 15) is 9.59 Å². The van der Waals surface area contributed by atoms with Crippen molar-refractivity contribution in [1.29, 1.82) is 0 Å². The minimum Gasteiger partial charge on any atom is -0.444 e. The first-order valence-corrected chi connectivity index (χ1v) is 11.7. The van der Waals surface area contributed by atoms with E-state index in [0.29, 0.717) is 49.9 Å². The fourth-order valence-corrected chi connectivity index (χ4v) is 4.34. The largest absolute Gasteiger partial charge is 0.444 e. The summed E-state index contributed by atoms with van der Waals surface area (Å²) >= 11 is 0. The maximum absolute atomic E-state index is 13.5. The third kappa shape index (κ3) is 4.90. The summed E-state index contributed by atoms with van der Waals surface area (Å²) in [5, 5.41) is 3.16. The molecule has 180 valence electrons. The first kappa shape index (κ1) is 23.3. The molecule has 2 aliphatic rings. The number of hydrogen-bond donors (Lipinski definition) is 1. The van der Waals surface area contributed by atoms with Crippen LogP contribution in [0.5, 0.6) is 0 Å². The highest BCUT2D eigenvalue weighted by Gasteiger charge is 2.29. The van der Waals surface area contributed by atoms with Gasteiger partial charge in [0.1, 0.15) is 11.3 Å². The molecule has 1 unspecified atom stereocenters. The number of methoxy groups -OCH3 is 1. The fourth-order valence-electron chi connectivity index (χ4n) is 4.34. The highest BCUT2D eigenvalue weighted by atomic mass is 16.6. The predicted molar refractivity (Wildman–Crippen MR) is 126 cm³/mol. The Balaban J connectivity index is 1.57. The number of nitrogens with one attached hydrogen (secondary N) is 1. The molecule has 10 heteroatoms. The molecule has 2 aromatic rings. The SMILES string of the molecule is CCc1nc2nc(C3=CCC(OC)CC3)[nH]n2c(=O)c1N1CCN(C(=O)OC(C)(C)C)CC1. The molecule has 1 fully saturated rings. The number of anilines is 1. The molecule has 1 N–H and O–H groups in total. The summed E-state index contributed by atoms with van der Waals surface area (Å²) in [7, 11) is 1.73. The summed E-state index contributed by atoms with van der Waals surface area (Å²) in [4.78, 5) is 38.9. The van der Waals surface area contributed by atoms with E-state index < -0.39 is 5.60 Å². The Bertz CT molecular complexity index is 1100. The number of aromatic nitrogens is 4. The van der Waals surface area contributed by atoms with Gasteiger partial charge < -0.3 is 19.3 Å². The average molecular weight is 459 g/mol. The van der Waals surface area contributed by atoms with E-state index in [1.165, 1.54) is 4.52 Å². The first-order valence-electron chi connectivity index (χ1n) is 11.7. The van der Waals surface area contributed by atoms with Gasteiger partial charge in [-0.1, -0.05) is 13.0 Å². The Morgan fingerprint density at radius 1 is 1.21 bits per heavy atom. The Hall–Kier alpha value is -2.88. The zero-order valence-corrected chi connectivity index (χ0v) is 20.2. The molecule has 1 aliphatic heterocycles. The quantitative estimate of drug-likeness (QED) is 0.751. The van der Waals surface area contributed by atoms with E-state index in [1.54, 1.807) is 12.0 Å². The van der Waals surface area contributed by atoms with Crippen LogP contribution < -0.4 is 10.5 Å². The zero-order valence-electron chi connectivity index (χ0n) is 20.2. The number of H-pyrrole nitrogens is 1. The molecule has 1 aliphatic carbocycles. The Morgan fingerprint density at radius 3 is 2.52 bits per heavy atom. The summed E-state index contributed by atoms with van der Waals surface area (Å²) in [6.07, 6.45) is 5.25. The van der Waals surface area contributed by atoms with Crippen molar-refractivity contribution in [2.75, 3.05) is 38.2 Å². The van der Waals surface area contributed by atoms with Crippen molar-refractivity contribution in [3.8, 4) is 0 Å². The van der Waals surface area contributed by atoms with Crippen LogP contribution in [0, 0.1) is 0 Å². The van der Waals surface area contributed by atoms with Crippen LogP contribution in [0.2, 0.25) is 0 Å². The Labute approximate surface area is 193 Å². The molecule has 1 amide bonds. The van der Waals surface area contributed by atoms with Crippen LogP contribution in [-0.2, 0) is 15.9 Å². The number of piperazine rings is 1. The van der Waals surface area contributed by atoms with Gasteiger partial charge in [-0.3, -0.25) is 9.89 Å².